The zero-order valence-corrected chi connectivity index (χ0v) is 14.7. The van der Waals surface area contributed by atoms with E-state index in [4.69, 9.17) is 14.2 Å². The summed E-state index contributed by atoms with van der Waals surface area (Å²) >= 11 is 0. The van der Waals surface area contributed by atoms with E-state index in [1.165, 1.54) is 12.8 Å². The summed E-state index contributed by atoms with van der Waals surface area (Å²) in [5.41, 5.74) is 0.614. The number of benzene rings is 1. The number of methoxy groups -OCH3 is 2. The van der Waals surface area contributed by atoms with Gasteiger partial charge in [-0.2, -0.15) is 5.26 Å². The minimum absolute atomic E-state index is 0.274. The molecule has 0 bridgehead atoms. The number of nitriles is 1. The van der Waals surface area contributed by atoms with Crippen LogP contribution in [0.15, 0.2) is 18.2 Å². The molecule has 2 aliphatic carbocycles. The van der Waals surface area contributed by atoms with Crippen LogP contribution in [0.3, 0.4) is 0 Å². The molecule has 0 atom stereocenters. The van der Waals surface area contributed by atoms with E-state index in [9.17, 15) is 5.26 Å². The molecule has 4 heteroatoms. The lowest BCUT2D eigenvalue weighted by atomic mass is 9.69. The van der Waals surface area contributed by atoms with Crippen molar-refractivity contribution in [1.82, 2.24) is 0 Å². The van der Waals surface area contributed by atoms with Crippen LogP contribution < -0.4 is 9.47 Å². The van der Waals surface area contributed by atoms with Gasteiger partial charge in [0.1, 0.15) is 0 Å². The summed E-state index contributed by atoms with van der Waals surface area (Å²) in [5, 5.41) is 9.89. The van der Waals surface area contributed by atoms with Gasteiger partial charge in [-0.05, 0) is 69.1 Å². The van der Waals surface area contributed by atoms with E-state index in [2.05, 4.69) is 6.07 Å². The minimum Gasteiger partial charge on any atom is -0.493 e. The van der Waals surface area contributed by atoms with Crippen LogP contribution in [-0.4, -0.2) is 26.4 Å². The molecule has 0 radical (unpaired) electrons. The predicted molar refractivity (Wildman–Crippen MR) is 92.4 cm³/mol. The molecule has 130 valence electrons. The van der Waals surface area contributed by atoms with Gasteiger partial charge in [-0.3, -0.25) is 0 Å². The smallest absolute Gasteiger partial charge is 0.161 e. The fourth-order valence-corrected chi connectivity index (χ4v) is 4.04. The van der Waals surface area contributed by atoms with Gasteiger partial charge in [-0.15, -0.1) is 0 Å². The van der Waals surface area contributed by atoms with Gasteiger partial charge in [-0.25, -0.2) is 0 Å². The van der Waals surface area contributed by atoms with Gasteiger partial charge in [0.25, 0.3) is 0 Å². The lowest BCUT2D eigenvalue weighted by Crippen LogP contribution is -2.33. The van der Waals surface area contributed by atoms with Gasteiger partial charge < -0.3 is 14.2 Å². The van der Waals surface area contributed by atoms with Crippen LogP contribution in [0.25, 0.3) is 0 Å². The van der Waals surface area contributed by atoms with Crippen molar-refractivity contribution < 1.29 is 14.2 Å². The van der Waals surface area contributed by atoms with E-state index in [0.29, 0.717) is 0 Å². The van der Waals surface area contributed by atoms with Gasteiger partial charge in [-0.1, -0.05) is 6.07 Å². The lowest BCUT2D eigenvalue weighted by molar-refractivity contribution is 0.0573. The first-order chi connectivity index (χ1) is 11.7. The highest BCUT2D eigenvalue weighted by Crippen LogP contribution is 2.43. The number of hydrogen-bond donors (Lipinski definition) is 0. The third kappa shape index (κ3) is 3.37. The second kappa shape index (κ2) is 7.44. The second-order valence-electron chi connectivity index (χ2n) is 7.02. The van der Waals surface area contributed by atoms with Gasteiger partial charge in [0.2, 0.25) is 0 Å². The first-order valence-corrected chi connectivity index (χ1v) is 9.00. The van der Waals surface area contributed by atoms with Gasteiger partial charge in [0.05, 0.1) is 30.8 Å². The Morgan fingerprint density at radius 2 is 1.71 bits per heavy atom. The molecule has 0 spiro atoms. The zero-order valence-electron chi connectivity index (χ0n) is 14.7. The summed E-state index contributed by atoms with van der Waals surface area (Å²) < 4.78 is 17.1. The van der Waals surface area contributed by atoms with E-state index in [1.54, 1.807) is 14.2 Å². The zero-order chi connectivity index (χ0) is 17.0. The molecule has 0 heterocycles. The normalized spacial score (nSPS) is 27.6. The van der Waals surface area contributed by atoms with Crippen molar-refractivity contribution in [2.24, 2.45) is 0 Å². The van der Waals surface area contributed by atoms with E-state index in [1.807, 2.05) is 18.2 Å². The quantitative estimate of drug-likeness (QED) is 0.805. The van der Waals surface area contributed by atoms with Crippen molar-refractivity contribution in [3.05, 3.63) is 23.8 Å². The topological polar surface area (TPSA) is 51.5 Å². The van der Waals surface area contributed by atoms with Gasteiger partial charge >= 0.3 is 0 Å². The first-order valence-electron chi connectivity index (χ1n) is 9.00. The van der Waals surface area contributed by atoms with Crippen LogP contribution in [0.4, 0.5) is 0 Å². The number of ether oxygens (including phenoxy) is 3. The maximum Gasteiger partial charge on any atom is 0.161 e. The molecule has 0 saturated heterocycles. The van der Waals surface area contributed by atoms with Crippen molar-refractivity contribution in [3.8, 4) is 17.6 Å². The third-order valence-electron chi connectivity index (χ3n) is 5.65. The fraction of sp³-hybridized carbons (Fsp3) is 0.650. The standard InChI is InChI=1S/C20H27NO3/c1-22-16-9-11-20(14-21,12-10-16)15-7-8-18(23-2)19(13-15)24-17-5-3-4-6-17/h7-8,13,16-17H,3-6,9-12H2,1-2H3/t16-,20+. The SMILES string of the molecule is COc1ccc([C@]2(C#N)CC[C@H](OC)CC2)cc1OC1CCCC1. The molecule has 0 aromatic heterocycles. The van der Waals surface area contributed by atoms with Crippen molar-refractivity contribution in [2.75, 3.05) is 14.2 Å². The van der Waals surface area contributed by atoms with E-state index in [-0.39, 0.29) is 12.2 Å². The van der Waals surface area contributed by atoms with Crippen LogP contribution in [0, 0.1) is 11.3 Å². The van der Waals surface area contributed by atoms with Crippen molar-refractivity contribution >= 4 is 0 Å². The molecule has 2 aliphatic rings. The molecule has 1 aromatic rings. The Balaban J connectivity index is 1.85. The van der Waals surface area contributed by atoms with Crippen LogP contribution in [-0.2, 0) is 10.2 Å². The molecular formula is C20H27NO3. The molecule has 0 aliphatic heterocycles. The highest BCUT2D eigenvalue weighted by Gasteiger charge is 2.38. The van der Waals surface area contributed by atoms with Crippen molar-refractivity contribution in [1.29, 1.82) is 5.26 Å². The number of hydrogen-bond acceptors (Lipinski definition) is 4. The molecule has 2 fully saturated rings. The highest BCUT2D eigenvalue weighted by molar-refractivity contribution is 5.47. The Bertz CT molecular complexity index is 593. The largest absolute Gasteiger partial charge is 0.493 e. The maximum atomic E-state index is 9.89. The lowest BCUT2D eigenvalue weighted by Gasteiger charge is -2.35. The molecule has 24 heavy (non-hydrogen) atoms. The molecule has 3 rings (SSSR count). The monoisotopic (exact) mass is 329 g/mol. The van der Waals surface area contributed by atoms with E-state index >= 15 is 0 Å². The molecule has 0 unspecified atom stereocenters. The van der Waals surface area contributed by atoms with Crippen LogP contribution >= 0.6 is 0 Å². The second-order valence-corrected chi connectivity index (χ2v) is 7.02. The minimum atomic E-state index is -0.435. The average Bonchev–Trinajstić information content (AvgIpc) is 3.15. The van der Waals surface area contributed by atoms with Crippen molar-refractivity contribution in [2.45, 2.75) is 69.0 Å². The number of nitrogens with zero attached hydrogens (tertiary/aromatic N) is 1. The Morgan fingerprint density at radius 1 is 1.00 bits per heavy atom. The predicted octanol–water partition coefficient (Wildman–Crippen LogP) is 4.37. The van der Waals surface area contributed by atoms with E-state index in [0.717, 1.165) is 55.6 Å². The summed E-state index contributed by atoms with van der Waals surface area (Å²) in [6.07, 6.45) is 8.73. The van der Waals surface area contributed by atoms with Crippen LogP contribution in [0.2, 0.25) is 0 Å². The fourth-order valence-electron chi connectivity index (χ4n) is 4.04. The molecule has 2 saturated carbocycles. The third-order valence-corrected chi connectivity index (χ3v) is 5.65. The van der Waals surface area contributed by atoms with Crippen LogP contribution in [0.1, 0.15) is 56.9 Å². The maximum absolute atomic E-state index is 9.89. The van der Waals surface area contributed by atoms with E-state index < -0.39 is 5.41 Å². The van der Waals surface area contributed by atoms with Gasteiger partial charge in [0.15, 0.2) is 11.5 Å². The Morgan fingerprint density at radius 3 is 2.29 bits per heavy atom. The summed E-state index contributed by atoms with van der Waals surface area (Å²) in [7, 11) is 3.42. The number of rotatable bonds is 5. The highest BCUT2D eigenvalue weighted by atomic mass is 16.5. The molecule has 0 N–H and O–H groups in total. The summed E-state index contributed by atoms with van der Waals surface area (Å²) in [6, 6.07) is 8.59. The van der Waals surface area contributed by atoms with Crippen LogP contribution in [0.5, 0.6) is 11.5 Å². The summed E-state index contributed by atoms with van der Waals surface area (Å²) in [4.78, 5) is 0. The Kier molecular flexibility index (Phi) is 5.30. The average molecular weight is 329 g/mol. The molecule has 1 aromatic carbocycles. The molecular weight excluding hydrogens is 302 g/mol. The Hall–Kier alpha value is -1.73. The Labute approximate surface area is 144 Å². The summed E-state index contributed by atoms with van der Waals surface area (Å²) in [6.45, 7) is 0. The summed E-state index contributed by atoms with van der Waals surface area (Å²) in [5.74, 6) is 1.54. The first kappa shape index (κ1) is 17.1. The molecule has 4 nitrogen and oxygen atoms in total. The van der Waals surface area contributed by atoms with Gasteiger partial charge in [0, 0.05) is 7.11 Å². The molecule has 0 amide bonds. The van der Waals surface area contributed by atoms with Crippen molar-refractivity contribution in [3.63, 3.8) is 0 Å².